The number of carbonyl (C=O) groups is 1. The summed E-state index contributed by atoms with van der Waals surface area (Å²) in [5.41, 5.74) is 4.54. The lowest BCUT2D eigenvalue weighted by molar-refractivity contribution is 0.207. The summed E-state index contributed by atoms with van der Waals surface area (Å²) < 4.78 is 0. The van der Waals surface area contributed by atoms with E-state index in [2.05, 4.69) is 43.5 Å². The number of benzene rings is 1. The second kappa shape index (κ2) is 6.25. The molecule has 0 saturated carbocycles. The lowest BCUT2D eigenvalue weighted by atomic mass is 10.0. The van der Waals surface area contributed by atoms with Gasteiger partial charge in [0.25, 0.3) is 0 Å². The molecule has 4 nitrogen and oxygen atoms in total. The summed E-state index contributed by atoms with van der Waals surface area (Å²) in [5.74, 6) is 5.72. The van der Waals surface area contributed by atoms with Crippen molar-refractivity contribution < 1.29 is 4.79 Å². The molecular weight excluding hydrogens is 214 g/mol. The maximum absolute atomic E-state index is 11.2. The lowest BCUT2D eigenvalue weighted by Crippen LogP contribution is -2.40. The smallest absolute Gasteiger partial charge is 0.322 e. The van der Waals surface area contributed by atoms with Crippen LogP contribution in [0.5, 0.6) is 0 Å². The van der Waals surface area contributed by atoms with Gasteiger partial charge in [0.2, 0.25) is 0 Å². The third-order valence-electron chi connectivity index (χ3n) is 2.56. The number of urea groups is 1. The second-order valence-corrected chi connectivity index (χ2v) is 4.72. The minimum atomic E-state index is -0.281. The molecule has 1 aromatic rings. The van der Waals surface area contributed by atoms with E-state index in [1.165, 1.54) is 10.5 Å². The molecule has 0 aliphatic heterocycles. The van der Waals surface area contributed by atoms with Gasteiger partial charge >= 0.3 is 6.03 Å². The number of amides is 2. The first-order chi connectivity index (χ1) is 8.02. The monoisotopic (exact) mass is 235 g/mol. The fourth-order valence-corrected chi connectivity index (χ4v) is 1.71. The minimum absolute atomic E-state index is 0.281. The van der Waals surface area contributed by atoms with Crippen molar-refractivity contribution in [3.05, 3.63) is 35.4 Å². The first-order valence-corrected chi connectivity index (χ1v) is 5.82. The molecule has 0 spiro atoms. The predicted molar refractivity (Wildman–Crippen MR) is 69.2 cm³/mol. The van der Waals surface area contributed by atoms with Crippen LogP contribution in [0.3, 0.4) is 0 Å². The number of rotatable bonds is 4. The van der Waals surface area contributed by atoms with Crippen LogP contribution >= 0.6 is 0 Å². The van der Waals surface area contributed by atoms with Crippen molar-refractivity contribution in [2.24, 2.45) is 11.8 Å². The number of nitrogens with one attached hydrogen (secondary N) is 1. The molecule has 4 heteroatoms. The van der Waals surface area contributed by atoms with Gasteiger partial charge in [-0.3, -0.25) is 5.43 Å². The highest BCUT2D eigenvalue weighted by molar-refractivity contribution is 5.73. The van der Waals surface area contributed by atoms with Gasteiger partial charge in [-0.05, 0) is 23.5 Å². The van der Waals surface area contributed by atoms with Gasteiger partial charge in [0.05, 0.1) is 0 Å². The van der Waals surface area contributed by atoms with Crippen LogP contribution in [-0.2, 0) is 13.0 Å². The van der Waals surface area contributed by atoms with E-state index in [-0.39, 0.29) is 6.03 Å². The van der Waals surface area contributed by atoms with Crippen molar-refractivity contribution in [1.82, 2.24) is 10.3 Å². The Hall–Kier alpha value is -1.55. The minimum Gasteiger partial charge on any atom is -0.322 e. The number of carbonyl (C=O) groups excluding carboxylic acids is 1. The Morgan fingerprint density at radius 3 is 2.29 bits per heavy atom. The van der Waals surface area contributed by atoms with E-state index in [1.807, 2.05) is 0 Å². The Balaban J connectivity index is 2.59. The maximum atomic E-state index is 11.2. The molecule has 0 fully saturated rings. The Morgan fingerprint density at radius 2 is 1.82 bits per heavy atom. The van der Waals surface area contributed by atoms with Crippen LogP contribution in [-0.4, -0.2) is 18.0 Å². The summed E-state index contributed by atoms with van der Waals surface area (Å²) in [6, 6.07) is 8.06. The van der Waals surface area contributed by atoms with E-state index in [0.29, 0.717) is 12.5 Å². The molecule has 0 unspecified atom stereocenters. The van der Waals surface area contributed by atoms with E-state index in [4.69, 9.17) is 5.84 Å². The Kier molecular flexibility index (Phi) is 4.97. The number of hydrogen-bond acceptors (Lipinski definition) is 2. The van der Waals surface area contributed by atoms with Crippen molar-refractivity contribution in [3.8, 4) is 0 Å². The predicted octanol–water partition coefficient (Wildman–Crippen LogP) is 1.90. The summed E-state index contributed by atoms with van der Waals surface area (Å²) in [6.45, 7) is 4.96. The van der Waals surface area contributed by atoms with E-state index >= 15 is 0 Å². The van der Waals surface area contributed by atoms with Crippen LogP contribution in [0.25, 0.3) is 0 Å². The van der Waals surface area contributed by atoms with Crippen LogP contribution in [0.15, 0.2) is 24.3 Å². The molecule has 17 heavy (non-hydrogen) atoms. The largest absolute Gasteiger partial charge is 0.331 e. The van der Waals surface area contributed by atoms with Gasteiger partial charge in [0.1, 0.15) is 0 Å². The molecular formula is C13H21N3O. The summed E-state index contributed by atoms with van der Waals surface area (Å²) in [6.07, 6.45) is 1.08. The summed E-state index contributed by atoms with van der Waals surface area (Å²) in [7, 11) is 1.71. The van der Waals surface area contributed by atoms with Crippen molar-refractivity contribution in [2.75, 3.05) is 7.05 Å². The fraction of sp³-hybridized carbons (Fsp3) is 0.462. The van der Waals surface area contributed by atoms with Crippen LogP contribution in [0.2, 0.25) is 0 Å². The normalized spacial score (nSPS) is 10.4. The van der Waals surface area contributed by atoms with E-state index in [9.17, 15) is 4.79 Å². The molecule has 0 bridgehead atoms. The van der Waals surface area contributed by atoms with Crippen LogP contribution in [0, 0.1) is 5.92 Å². The van der Waals surface area contributed by atoms with E-state index in [1.54, 1.807) is 7.05 Å². The highest BCUT2D eigenvalue weighted by Crippen LogP contribution is 2.11. The zero-order valence-corrected chi connectivity index (χ0v) is 10.7. The average Bonchev–Trinajstić information content (AvgIpc) is 2.30. The Labute approximate surface area is 103 Å². The van der Waals surface area contributed by atoms with Gasteiger partial charge in [-0.2, -0.15) is 0 Å². The van der Waals surface area contributed by atoms with Gasteiger partial charge in [-0.15, -0.1) is 0 Å². The lowest BCUT2D eigenvalue weighted by Gasteiger charge is -2.16. The molecule has 0 heterocycles. The van der Waals surface area contributed by atoms with Crippen molar-refractivity contribution in [2.45, 2.75) is 26.8 Å². The number of hydrazine groups is 1. The summed E-state index contributed by atoms with van der Waals surface area (Å²) in [5, 5.41) is 0. The second-order valence-electron chi connectivity index (χ2n) is 4.72. The Bertz CT molecular complexity index is 359. The average molecular weight is 235 g/mol. The first-order valence-electron chi connectivity index (χ1n) is 5.82. The molecule has 0 aliphatic carbocycles. The van der Waals surface area contributed by atoms with E-state index in [0.717, 1.165) is 12.0 Å². The molecule has 1 rings (SSSR count). The SMILES string of the molecule is CC(C)Cc1ccc(CN(C)C(=O)NN)cc1. The van der Waals surface area contributed by atoms with Gasteiger partial charge < -0.3 is 4.90 Å². The maximum Gasteiger partial charge on any atom is 0.331 e. The number of nitrogens with two attached hydrogens (primary N) is 1. The summed E-state index contributed by atoms with van der Waals surface area (Å²) >= 11 is 0. The molecule has 3 N–H and O–H groups in total. The third kappa shape index (κ3) is 4.44. The molecule has 0 radical (unpaired) electrons. The standard InChI is InChI=1S/C13H21N3O/c1-10(2)8-11-4-6-12(7-5-11)9-16(3)13(17)15-14/h4-7,10H,8-9,14H2,1-3H3,(H,15,17). The zero-order chi connectivity index (χ0) is 12.8. The molecule has 0 aliphatic rings. The highest BCUT2D eigenvalue weighted by atomic mass is 16.2. The van der Waals surface area contributed by atoms with Crippen LogP contribution in [0.4, 0.5) is 4.79 Å². The zero-order valence-electron chi connectivity index (χ0n) is 10.7. The topological polar surface area (TPSA) is 58.4 Å². The first kappa shape index (κ1) is 13.5. The molecule has 0 atom stereocenters. The van der Waals surface area contributed by atoms with Crippen molar-refractivity contribution >= 4 is 6.03 Å². The number of nitrogens with zero attached hydrogens (tertiary/aromatic N) is 1. The van der Waals surface area contributed by atoms with Crippen LogP contribution < -0.4 is 11.3 Å². The van der Waals surface area contributed by atoms with E-state index < -0.39 is 0 Å². The Morgan fingerprint density at radius 1 is 1.29 bits per heavy atom. The van der Waals surface area contributed by atoms with Gasteiger partial charge in [0, 0.05) is 13.6 Å². The van der Waals surface area contributed by atoms with Gasteiger partial charge in [-0.1, -0.05) is 38.1 Å². The molecule has 0 aromatic heterocycles. The highest BCUT2D eigenvalue weighted by Gasteiger charge is 2.06. The van der Waals surface area contributed by atoms with Crippen molar-refractivity contribution in [1.29, 1.82) is 0 Å². The quantitative estimate of drug-likeness (QED) is 0.476. The fourth-order valence-electron chi connectivity index (χ4n) is 1.71. The van der Waals surface area contributed by atoms with Crippen LogP contribution in [0.1, 0.15) is 25.0 Å². The molecule has 0 saturated heterocycles. The van der Waals surface area contributed by atoms with Gasteiger partial charge in [-0.25, -0.2) is 10.6 Å². The molecule has 2 amide bonds. The molecule has 1 aromatic carbocycles. The summed E-state index contributed by atoms with van der Waals surface area (Å²) in [4.78, 5) is 12.8. The van der Waals surface area contributed by atoms with Crippen molar-refractivity contribution in [3.63, 3.8) is 0 Å². The molecule has 94 valence electrons. The van der Waals surface area contributed by atoms with Gasteiger partial charge in [0.15, 0.2) is 0 Å². The third-order valence-corrected chi connectivity index (χ3v) is 2.56. The number of hydrogen-bond donors (Lipinski definition) is 2.